The number of carbonyl (C=O) groups excluding carboxylic acids is 1. The Bertz CT molecular complexity index is 1130. The van der Waals surface area contributed by atoms with E-state index < -0.39 is 21.7 Å². The summed E-state index contributed by atoms with van der Waals surface area (Å²) in [7, 11) is -3.68. The highest BCUT2D eigenvalue weighted by atomic mass is 32.2. The van der Waals surface area contributed by atoms with Gasteiger partial charge in [0.1, 0.15) is 5.03 Å². The number of benzene rings is 1. The van der Waals surface area contributed by atoms with Gasteiger partial charge in [-0.2, -0.15) is 5.10 Å². The number of carbonyl (C=O) groups is 1. The molecule has 0 atom stereocenters. The highest BCUT2D eigenvalue weighted by Crippen LogP contribution is 2.25. The van der Waals surface area contributed by atoms with E-state index in [4.69, 9.17) is 0 Å². The van der Waals surface area contributed by atoms with Crippen molar-refractivity contribution in [2.75, 3.05) is 22.0 Å². The molecule has 0 aliphatic rings. The molecule has 1 aromatic carbocycles. The number of rotatable bonds is 7. The van der Waals surface area contributed by atoms with Gasteiger partial charge in [0.05, 0.1) is 34.3 Å². The van der Waals surface area contributed by atoms with E-state index in [1.54, 1.807) is 13.0 Å². The zero-order valence-corrected chi connectivity index (χ0v) is 16.7. The standard InChI is InChI=1S/C17H18FN5O3S2/c1-3-7-28(25,26)23-13-6-4-5-11(14(13)18)16(24)20-10-8-12-15(19-9-10)21-22-17(12)27-2/h4-6,8-9,23H,3,7H2,1-2H3,(H,20,24)(H,19,21,22). The van der Waals surface area contributed by atoms with Crippen LogP contribution >= 0.6 is 11.8 Å². The van der Waals surface area contributed by atoms with Crippen molar-refractivity contribution in [2.45, 2.75) is 18.4 Å². The van der Waals surface area contributed by atoms with Crippen molar-refractivity contribution in [1.82, 2.24) is 15.2 Å². The summed E-state index contributed by atoms with van der Waals surface area (Å²) >= 11 is 1.42. The number of sulfonamides is 1. The molecule has 3 aromatic rings. The highest BCUT2D eigenvalue weighted by molar-refractivity contribution is 7.98. The summed E-state index contributed by atoms with van der Waals surface area (Å²) in [6.45, 7) is 1.70. The number of pyridine rings is 1. The molecule has 0 saturated heterocycles. The van der Waals surface area contributed by atoms with E-state index in [2.05, 4.69) is 25.2 Å². The molecule has 0 radical (unpaired) electrons. The SMILES string of the molecule is CCCS(=O)(=O)Nc1cccc(C(=O)Nc2cnc3[nH]nc(SC)c3c2)c1F. The fourth-order valence-corrected chi connectivity index (χ4v) is 4.22. The van der Waals surface area contributed by atoms with Crippen LogP contribution in [0.1, 0.15) is 23.7 Å². The maximum absolute atomic E-state index is 14.7. The van der Waals surface area contributed by atoms with Crippen LogP contribution in [0.5, 0.6) is 0 Å². The molecule has 1 amide bonds. The van der Waals surface area contributed by atoms with Crippen LogP contribution in [0.25, 0.3) is 11.0 Å². The normalized spacial score (nSPS) is 11.5. The lowest BCUT2D eigenvalue weighted by Gasteiger charge is -2.11. The number of hydrogen-bond acceptors (Lipinski definition) is 6. The first-order chi connectivity index (χ1) is 13.3. The molecule has 0 fully saturated rings. The van der Waals surface area contributed by atoms with Gasteiger partial charge in [-0.1, -0.05) is 13.0 Å². The number of H-pyrrole nitrogens is 1. The summed E-state index contributed by atoms with van der Waals surface area (Å²) in [5.74, 6) is -1.80. The van der Waals surface area contributed by atoms with Gasteiger partial charge in [0.15, 0.2) is 11.5 Å². The summed E-state index contributed by atoms with van der Waals surface area (Å²) in [6.07, 6.45) is 3.67. The fraction of sp³-hybridized carbons (Fsp3) is 0.235. The van der Waals surface area contributed by atoms with Gasteiger partial charge in [0, 0.05) is 0 Å². The highest BCUT2D eigenvalue weighted by Gasteiger charge is 2.19. The van der Waals surface area contributed by atoms with Crippen molar-refractivity contribution in [1.29, 1.82) is 0 Å². The van der Waals surface area contributed by atoms with E-state index in [1.807, 2.05) is 6.26 Å². The lowest BCUT2D eigenvalue weighted by atomic mass is 10.1. The largest absolute Gasteiger partial charge is 0.320 e. The average Bonchev–Trinajstić information content (AvgIpc) is 3.05. The molecule has 2 heterocycles. The third-order valence-corrected chi connectivity index (χ3v) is 5.99. The van der Waals surface area contributed by atoms with Crippen LogP contribution in [0, 0.1) is 5.82 Å². The summed E-state index contributed by atoms with van der Waals surface area (Å²) in [6, 6.07) is 5.63. The number of anilines is 2. The lowest BCUT2D eigenvalue weighted by Crippen LogP contribution is -2.19. The summed E-state index contributed by atoms with van der Waals surface area (Å²) in [5.41, 5.74) is 0.384. The molecular weight excluding hydrogens is 405 g/mol. The molecule has 2 aromatic heterocycles. The molecule has 8 nitrogen and oxygen atoms in total. The Balaban J connectivity index is 1.86. The van der Waals surface area contributed by atoms with Crippen LogP contribution < -0.4 is 10.0 Å². The maximum Gasteiger partial charge on any atom is 0.258 e. The smallest absolute Gasteiger partial charge is 0.258 e. The molecule has 11 heteroatoms. The number of fused-ring (bicyclic) bond motifs is 1. The first-order valence-corrected chi connectivity index (χ1v) is 11.2. The third-order valence-electron chi connectivity index (χ3n) is 3.81. The van der Waals surface area contributed by atoms with Crippen LogP contribution in [0.15, 0.2) is 35.5 Å². The van der Waals surface area contributed by atoms with Crippen molar-refractivity contribution in [3.63, 3.8) is 0 Å². The molecule has 0 aliphatic carbocycles. The second-order valence-electron chi connectivity index (χ2n) is 5.90. The topological polar surface area (TPSA) is 117 Å². The van der Waals surface area contributed by atoms with E-state index >= 15 is 0 Å². The van der Waals surface area contributed by atoms with E-state index in [0.717, 1.165) is 10.4 Å². The average molecular weight is 423 g/mol. The Morgan fingerprint density at radius 2 is 2.14 bits per heavy atom. The first kappa shape index (κ1) is 20.1. The van der Waals surface area contributed by atoms with Gasteiger partial charge in [0.25, 0.3) is 5.91 Å². The van der Waals surface area contributed by atoms with Crippen LogP contribution in [0.3, 0.4) is 0 Å². The van der Waals surface area contributed by atoms with Gasteiger partial charge in [-0.05, 0) is 30.9 Å². The number of nitrogens with one attached hydrogen (secondary N) is 3. The zero-order valence-electron chi connectivity index (χ0n) is 15.1. The van der Waals surface area contributed by atoms with Gasteiger partial charge in [-0.3, -0.25) is 14.6 Å². The Kier molecular flexibility index (Phi) is 5.84. The van der Waals surface area contributed by atoms with Gasteiger partial charge in [-0.25, -0.2) is 17.8 Å². The Morgan fingerprint density at radius 1 is 1.36 bits per heavy atom. The molecule has 0 unspecified atom stereocenters. The third kappa shape index (κ3) is 4.25. The second-order valence-corrected chi connectivity index (χ2v) is 8.53. The van der Waals surface area contributed by atoms with E-state index in [1.165, 1.54) is 36.2 Å². The van der Waals surface area contributed by atoms with Crippen molar-refractivity contribution >= 4 is 50.1 Å². The molecule has 3 rings (SSSR count). The minimum Gasteiger partial charge on any atom is -0.320 e. The van der Waals surface area contributed by atoms with Gasteiger partial charge < -0.3 is 5.32 Å². The van der Waals surface area contributed by atoms with Crippen molar-refractivity contribution in [3.05, 3.63) is 41.8 Å². The van der Waals surface area contributed by atoms with Gasteiger partial charge in [0.2, 0.25) is 10.0 Å². The van der Waals surface area contributed by atoms with Crippen LogP contribution in [-0.2, 0) is 10.0 Å². The van der Waals surface area contributed by atoms with E-state index in [0.29, 0.717) is 17.8 Å². The summed E-state index contributed by atoms with van der Waals surface area (Å²) in [5, 5.41) is 10.9. The maximum atomic E-state index is 14.7. The Hall–Kier alpha value is -2.66. The number of hydrogen-bond donors (Lipinski definition) is 3. The number of thioether (sulfide) groups is 1. The Morgan fingerprint density at radius 3 is 2.86 bits per heavy atom. The number of nitrogens with zero attached hydrogens (tertiary/aromatic N) is 2. The monoisotopic (exact) mass is 423 g/mol. The molecule has 28 heavy (non-hydrogen) atoms. The predicted octanol–water partition coefficient (Wildman–Crippen LogP) is 3.22. The van der Waals surface area contributed by atoms with Crippen LogP contribution in [-0.4, -0.2) is 41.5 Å². The second kappa shape index (κ2) is 8.15. The van der Waals surface area contributed by atoms with Gasteiger partial charge in [-0.15, -0.1) is 11.8 Å². The van der Waals surface area contributed by atoms with Crippen LogP contribution in [0.2, 0.25) is 0 Å². The molecule has 3 N–H and O–H groups in total. The number of aromatic amines is 1. The lowest BCUT2D eigenvalue weighted by molar-refractivity contribution is 0.102. The minimum atomic E-state index is -3.68. The molecule has 148 valence electrons. The molecule has 0 bridgehead atoms. The van der Waals surface area contributed by atoms with E-state index in [-0.39, 0.29) is 17.0 Å². The Labute approximate surface area is 165 Å². The fourth-order valence-electron chi connectivity index (χ4n) is 2.58. The van der Waals surface area contributed by atoms with Crippen LogP contribution in [0.4, 0.5) is 15.8 Å². The molecular formula is C17H18FN5O3S2. The predicted molar refractivity (Wildman–Crippen MR) is 108 cm³/mol. The van der Waals surface area contributed by atoms with Crippen molar-refractivity contribution in [3.8, 4) is 0 Å². The molecule has 0 aliphatic heterocycles. The summed E-state index contributed by atoms with van der Waals surface area (Å²) < 4.78 is 40.6. The number of halogens is 1. The zero-order chi connectivity index (χ0) is 20.3. The summed E-state index contributed by atoms with van der Waals surface area (Å²) in [4.78, 5) is 16.7. The molecule has 0 saturated carbocycles. The van der Waals surface area contributed by atoms with Gasteiger partial charge >= 0.3 is 0 Å². The number of amides is 1. The minimum absolute atomic E-state index is 0.142. The quantitative estimate of drug-likeness (QED) is 0.503. The van der Waals surface area contributed by atoms with Crippen molar-refractivity contribution in [2.24, 2.45) is 0 Å². The van der Waals surface area contributed by atoms with E-state index in [9.17, 15) is 17.6 Å². The number of aromatic nitrogens is 3. The van der Waals surface area contributed by atoms with Crippen molar-refractivity contribution < 1.29 is 17.6 Å². The first-order valence-electron chi connectivity index (χ1n) is 8.33. The molecule has 0 spiro atoms.